The van der Waals surface area contributed by atoms with Gasteiger partial charge < -0.3 is 0 Å². The molecule has 2 atom stereocenters. The fourth-order valence-corrected chi connectivity index (χ4v) is 5.77. The minimum Gasteiger partial charge on any atom is -0.0965 e. The van der Waals surface area contributed by atoms with E-state index in [2.05, 4.69) is 44.2 Å². The van der Waals surface area contributed by atoms with Gasteiger partial charge in [0.2, 0.25) is 6.17 Å². The van der Waals surface area contributed by atoms with E-state index in [1.54, 1.807) is 0 Å². The van der Waals surface area contributed by atoms with Crippen LogP contribution in [0.25, 0.3) is 0 Å². The lowest BCUT2D eigenvalue weighted by Gasteiger charge is -2.26. The van der Waals surface area contributed by atoms with Gasteiger partial charge in [-0.2, -0.15) is 0 Å². The molecule has 1 heterocycles. The van der Waals surface area contributed by atoms with Crippen LogP contribution in [0.5, 0.6) is 0 Å². The summed E-state index contributed by atoms with van der Waals surface area (Å²) in [5.41, 5.74) is 1.47. The lowest BCUT2D eigenvalue weighted by Crippen LogP contribution is -2.22. The predicted octanol–water partition coefficient (Wildman–Crippen LogP) is 10.9. The van der Waals surface area contributed by atoms with Crippen LogP contribution in [0.4, 0.5) is 0 Å². The second kappa shape index (κ2) is 21.5. The maximum Gasteiger partial charge on any atom is 0.244 e. The Morgan fingerprint density at radius 1 is 0.556 bits per heavy atom. The molecule has 0 radical (unpaired) electrons. The van der Waals surface area contributed by atoms with Crippen LogP contribution in [-0.4, -0.2) is 12.4 Å². The number of benzene rings is 1. The summed E-state index contributed by atoms with van der Waals surface area (Å²) >= 11 is 0. The van der Waals surface area contributed by atoms with E-state index in [0.717, 1.165) is 12.6 Å². The van der Waals surface area contributed by atoms with Crippen LogP contribution in [0.3, 0.4) is 0 Å². The number of hydrogen-bond donors (Lipinski definition) is 0. The van der Waals surface area contributed by atoms with E-state index in [9.17, 15) is 0 Å². The van der Waals surface area contributed by atoms with Crippen LogP contribution in [0.2, 0.25) is 0 Å². The maximum atomic E-state index is 4.71. The minimum absolute atomic E-state index is 0.499. The molecule has 1 aliphatic rings. The number of aliphatic imine (C=N–C) groups is 2. The fraction of sp³-hybridized carbons (Fsp3) is 0.735. The van der Waals surface area contributed by atoms with Crippen molar-refractivity contribution in [2.75, 3.05) is 0 Å². The first-order valence-corrected chi connectivity index (χ1v) is 15.8. The third kappa shape index (κ3) is 14.2. The van der Waals surface area contributed by atoms with Gasteiger partial charge in [-0.25, -0.2) is 0 Å². The lowest BCUT2D eigenvalue weighted by atomic mass is 9.78. The van der Waals surface area contributed by atoms with Gasteiger partial charge >= 0.3 is 0 Å². The van der Waals surface area contributed by atoms with Crippen LogP contribution < -0.4 is 0 Å². The van der Waals surface area contributed by atoms with Crippen molar-refractivity contribution >= 4 is 12.4 Å². The molecule has 2 unspecified atom stereocenters. The zero-order chi connectivity index (χ0) is 25.5. The monoisotopic (exact) mass is 493 g/mol. The molecule has 1 aliphatic heterocycles. The second-order valence-electron chi connectivity index (χ2n) is 11.2. The maximum absolute atomic E-state index is 4.71. The van der Waals surface area contributed by atoms with Gasteiger partial charge in [-0.15, -0.1) is 0 Å². The van der Waals surface area contributed by atoms with Crippen LogP contribution in [0.15, 0.2) is 40.3 Å². The molecule has 0 fully saturated rings. The molecule has 0 saturated heterocycles. The van der Waals surface area contributed by atoms with Crippen LogP contribution in [0, 0.1) is 18.0 Å². The zero-order valence-electron chi connectivity index (χ0n) is 23.9. The number of nitrogens with zero attached hydrogens (tertiary/aromatic N) is 2. The summed E-state index contributed by atoms with van der Waals surface area (Å²) in [6, 6.07) is 11.1. The highest BCUT2D eigenvalue weighted by atomic mass is 15.0. The summed E-state index contributed by atoms with van der Waals surface area (Å²) in [5, 5.41) is 0. The second-order valence-corrected chi connectivity index (χ2v) is 11.2. The lowest BCUT2D eigenvalue weighted by molar-refractivity contribution is 0.284. The molecule has 1 aromatic carbocycles. The van der Waals surface area contributed by atoms with Crippen molar-refractivity contribution in [2.24, 2.45) is 21.8 Å². The molecule has 36 heavy (non-hydrogen) atoms. The first-order chi connectivity index (χ1) is 17.8. The largest absolute Gasteiger partial charge is 0.244 e. The summed E-state index contributed by atoms with van der Waals surface area (Å²) in [5.74, 6) is 1.15. The topological polar surface area (TPSA) is 24.7 Å². The Hall–Kier alpha value is -1.57. The summed E-state index contributed by atoms with van der Waals surface area (Å²) in [7, 11) is 0. The summed E-state index contributed by atoms with van der Waals surface area (Å²) in [6.07, 6.45) is 33.8. The smallest absolute Gasteiger partial charge is 0.0965 e. The van der Waals surface area contributed by atoms with E-state index in [-0.39, 0.29) is 0 Å². The molecule has 2 rings (SSSR count). The van der Waals surface area contributed by atoms with Crippen molar-refractivity contribution < 1.29 is 0 Å². The Bertz CT molecular complexity index is 653. The predicted molar refractivity (Wildman–Crippen MR) is 161 cm³/mol. The third-order valence-corrected chi connectivity index (χ3v) is 8.02. The Kier molecular flexibility index (Phi) is 18.3. The molecule has 0 spiro atoms. The van der Waals surface area contributed by atoms with Crippen molar-refractivity contribution in [3.63, 3.8) is 0 Å². The van der Waals surface area contributed by atoms with Crippen molar-refractivity contribution in [1.29, 1.82) is 0 Å². The number of hydrogen-bond acceptors (Lipinski definition) is 2. The molecule has 1 aromatic rings. The average Bonchev–Trinajstić information content (AvgIpc) is 3.44. The van der Waals surface area contributed by atoms with E-state index >= 15 is 0 Å². The average molecular weight is 494 g/mol. The SMILES string of the molecule is CCCCCCCCCCCCCCCC([C+]1N=CC=N1)C(CCCCCCC)Cc1ccccc1. The van der Waals surface area contributed by atoms with Crippen molar-refractivity contribution in [2.45, 2.75) is 149 Å². The molecular formula is C34H57N2+. The molecule has 0 bridgehead atoms. The standard InChI is InChI=1S/C34H57N2/c1-3-5-7-9-10-11-12-13-14-15-16-18-23-27-33(34-35-28-29-36-34)32(26-22-17-8-6-4-2)30-31-24-20-19-21-25-31/h19-21,24-25,28-29,32-33H,3-18,22-23,26-27,30H2,1-2H3/q+1. The summed E-state index contributed by atoms with van der Waals surface area (Å²) in [6.45, 7) is 4.60. The summed E-state index contributed by atoms with van der Waals surface area (Å²) < 4.78 is 0. The summed E-state index contributed by atoms with van der Waals surface area (Å²) in [4.78, 5) is 9.41. The quantitative estimate of drug-likeness (QED) is 0.101. The highest BCUT2D eigenvalue weighted by Crippen LogP contribution is 2.37. The van der Waals surface area contributed by atoms with Crippen LogP contribution in [0.1, 0.15) is 148 Å². The van der Waals surface area contributed by atoms with Crippen molar-refractivity contribution in [1.82, 2.24) is 0 Å². The molecule has 2 nitrogen and oxygen atoms in total. The van der Waals surface area contributed by atoms with Crippen molar-refractivity contribution in [3.8, 4) is 0 Å². The number of unbranched alkanes of at least 4 members (excludes halogenated alkanes) is 16. The molecule has 0 saturated carbocycles. The van der Waals surface area contributed by atoms with Crippen LogP contribution in [-0.2, 0) is 6.42 Å². The van der Waals surface area contributed by atoms with E-state index in [1.165, 1.54) is 134 Å². The van der Waals surface area contributed by atoms with Crippen molar-refractivity contribution in [3.05, 3.63) is 42.1 Å². The molecule has 0 amide bonds. The highest BCUT2D eigenvalue weighted by molar-refractivity contribution is 6.18. The van der Waals surface area contributed by atoms with Gasteiger partial charge in [0, 0.05) is 0 Å². The van der Waals surface area contributed by atoms with Crippen LogP contribution >= 0.6 is 0 Å². The first kappa shape index (κ1) is 30.7. The first-order valence-electron chi connectivity index (χ1n) is 15.8. The third-order valence-electron chi connectivity index (χ3n) is 8.02. The molecule has 202 valence electrons. The van der Waals surface area contributed by atoms with E-state index in [1.807, 2.05) is 12.4 Å². The fourth-order valence-electron chi connectivity index (χ4n) is 5.77. The van der Waals surface area contributed by atoms with E-state index < -0.39 is 0 Å². The Morgan fingerprint density at radius 3 is 1.50 bits per heavy atom. The normalized spacial score (nSPS) is 14.6. The van der Waals surface area contributed by atoms with Gasteiger partial charge in [-0.1, -0.05) is 170 Å². The van der Waals surface area contributed by atoms with Gasteiger partial charge in [0.1, 0.15) is 0 Å². The van der Waals surface area contributed by atoms with Gasteiger partial charge in [0.15, 0.2) is 12.4 Å². The van der Waals surface area contributed by atoms with E-state index in [0.29, 0.717) is 11.8 Å². The Labute approximate surface area is 224 Å². The molecule has 2 heteroatoms. The molecule has 0 N–H and O–H groups in total. The van der Waals surface area contributed by atoms with Gasteiger partial charge in [0.25, 0.3) is 0 Å². The minimum atomic E-state index is 0.499. The van der Waals surface area contributed by atoms with E-state index in [4.69, 9.17) is 9.98 Å². The highest BCUT2D eigenvalue weighted by Gasteiger charge is 2.35. The van der Waals surface area contributed by atoms with Gasteiger partial charge in [-0.3, -0.25) is 0 Å². The molecule has 0 aromatic heterocycles. The Balaban J connectivity index is 1.73. The number of rotatable bonds is 24. The Morgan fingerprint density at radius 2 is 1.00 bits per heavy atom. The van der Waals surface area contributed by atoms with Gasteiger partial charge in [-0.05, 0) is 30.7 Å². The zero-order valence-corrected chi connectivity index (χ0v) is 23.9. The molecular weight excluding hydrogens is 436 g/mol. The molecule has 0 aliphatic carbocycles. The van der Waals surface area contributed by atoms with Gasteiger partial charge in [0.05, 0.1) is 5.92 Å².